The van der Waals surface area contributed by atoms with Crippen molar-refractivity contribution in [3.8, 4) is 0 Å². The zero-order valence-corrected chi connectivity index (χ0v) is 9.19. The third-order valence-corrected chi connectivity index (χ3v) is 3.17. The molecule has 0 spiro atoms. The SMILES string of the molecule is c1ccc(C[C@H]2Cc3ccccc3N2)cc1. The predicted molar refractivity (Wildman–Crippen MR) is 67.7 cm³/mol. The van der Waals surface area contributed by atoms with Gasteiger partial charge in [-0.05, 0) is 30.0 Å². The van der Waals surface area contributed by atoms with E-state index in [1.807, 2.05) is 0 Å². The molecule has 0 aliphatic carbocycles. The molecule has 0 fully saturated rings. The first-order valence-electron chi connectivity index (χ1n) is 5.80. The Kier molecular flexibility index (Phi) is 2.37. The van der Waals surface area contributed by atoms with Crippen LogP contribution in [0.25, 0.3) is 0 Å². The first-order valence-corrected chi connectivity index (χ1v) is 5.80. The molecule has 0 aromatic heterocycles. The summed E-state index contributed by atoms with van der Waals surface area (Å²) in [6.07, 6.45) is 2.25. The maximum absolute atomic E-state index is 3.58. The lowest BCUT2D eigenvalue weighted by molar-refractivity contribution is 0.746. The van der Waals surface area contributed by atoms with E-state index in [4.69, 9.17) is 0 Å². The molecular weight excluding hydrogens is 194 g/mol. The minimum absolute atomic E-state index is 0.555. The number of para-hydroxylation sites is 1. The van der Waals surface area contributed by atoms with Crippen molar-refractivity contribution in [2.45, 2.75) is 18.9 Å². The molecule has 3 rings (SSSR count). The summed E-state index contributed by atoms with van der Waals surface area (Å²) >= 11 is 0. The number of benzene rings is 2. The van der Waals surface area contributed by atoms with E-state index in [9.17, 15) is 0 Å². The van der Waals surface area contributed by atoms with Gasteiger partial charge in [0.25, 0.3) is 0 Å². The van der Waals surface area contributed by atoms with Gasteiger partial charge in [0, 0.05) is 11.7 Å². The largest absolute Gasteiger partial charge is 0.381 e. The average molecular weight is 209 g/mol. The van der Waals surface area contributed by atoms with Gasteiger partial charge in [-0.15, -0.1) is 0 Å². The van der Waals surface area contributed by atoms with Gasteiger partial charge in [-0.3, -0.25) is 0 Å². The summed E-state index contributed by atoms with van der Waals surface area (Å²) < 4.78 is 0. The Morgan fingerprint density at radius 1 is 0.938 bits per heavy atom. The highest BCUT2D eigenvalue weighted by molar-refractivity contribution is 5.56. The van der Waals surface area contributed by atoms with E-state index in [0.29, 0.717) is 6.04 Å². The van der Waals surface area contributed by atoms with Crippen molar-refractivity contribution < 1.29 is 0 Å². The smallest absolute Gasteiger partial charge is 0.0375 e. The van der Waals surface area contributed by atoms with Gasteiger partial charge in [0.05, 0.1) is 0 Å². The molecule has 1 N–H and O–H groups in total. The molecule has 1 nitrogen and oxygen atoms in total. The lowest BCUT2D eigenvalue weighted by atomic mass is 10.0. The molecule has 16 heavy (non-hydrogen) atoms. The van der Waals surface area contributed by atoms with Gasteiger partial charge in [-0.1, -0.05) is 48.5 Å². The molecule has 1 aliphatic heterocycles. The fourth-order valence-corrected chi connectivity index (χ4v) is 2.40. The summed E-state index contributed by atoms with van der Waals surface area (Å²) in [4.78, 5) is 0. The standard InChI is InChI=1S/C15H15N/c1-2-6-12(7-3-1)10-14-11-13-8-4-5-9-15(13)16-14/h1-9,14,16H,10-11H2/t14-/m0/s1. The summed E-state index contributed by atoms with van der Waals surface area (Å²) in [6.45, 7) is 0. The second kappa shape index (κ2) is 4.01. The maximum atomic E-state index is 3.58. The number of rotatable bonds is 2. The number of hydrogen-bond acceptors (Lipinski definition) is 1. The molecule has 0 saturated carbocycles. The van der Waals surface area contributed by atoms with E-state index in [1.165, 1.54) is 16.8 Å². The van der Waals surface area contributed by atoms with Crippen molar-refractivity contribution in [2.75, 3.05) is 5.32 Å². The minimum atomic E-state index is 0.555. The van der Waals surface area contributed by atoms with Crippen LogP contribution in [0.5, 0.6) is 0 Å². The second-order valence-corrected chi connectivity index (χ2v) is 4.39. The van der Waals surface area contributed by atoms with Crippen LogP contribution in [0, 0.1) is 0 Å². The minimum Gasteiger partial charge on any atom is -0.381 e. The van der Waals surface area contributed by atoms with Gasteiger partial charge >= 0.3 is 0 Å². The molecule has 0 radical (unpaired) electrons. The molecule has 1 heteroatoms. The van der Waals surface area contributed by atoms with Crippen LogP contribution in [0.1, 0.15) is 11.1 Å². The number of anilines is 1. The van der Waals surface area contributed by atoms with Crippen molar-refractivity contribution >= 4 is 5.69 Å². The van der Waals surface area contributed by atoms with Gasteiger partial charge in [-0.2, -0.15) is 0 Å². The fraction of sp³-hybridized carbons (Fsp3) is 0.200. The molecule has 80 valence electrons. The van der Waals surface area contributed by atoms with Crippen molar-refractivity contribution in [1.29, 1.82) is 0 Å². The van der Waals surface area contributed by atoms with E-state index in [2.05, 4.69) is 59.9 Å². The van der Waals surface area contributed by atoms with Crippen LogP contribution in [0.3, 0.4) is 0 Å². The number of hydrogen-bond donors (Lipinski definition) is 1. The second-order valence-electron chi connectivity index (χ2n) is 4.39. The molecular formula is C15H15N. The molecule has 0 amide bonds. The first-order chi connectivity index (χ1) is 7.92. The summed E-state index contributed by atoms with van der Waals surface area (Å²) in [7, 11) is 0. The predicted octanol–water partition coefficient (Wildman–Crippen LogP) is 3.27. The van der Waals surface area contributed by atoms with E-state index in [0.717, 1.165) is 12.8 Å². The van der Waals surface area contributed by atoms with Crippen LogP contribution < -0.4 is 5.32 Å². The van der Waals surface area contributed by atoms with Crippen LogP contribution in [0.2, 0.25) is 0 Å². The average Bonchev–Trinajstić information content (AvgIpc) is 2.72. The van der Waals surface area contributed by atoms with Gasteiger partial charge in [-0.25, -0.2) is 0 Å². The first kappa shape index (κ1) is 9.46. The summed E-state index contributed by atoms with van der Waals surface area (Å²) in [5, 5.41) is 3.58. The van der Waals surface area contributed by atoms with Gasteiger partial charge in [0.1, 0.15) is 0 Å². The Labute approximate surface area is 96.1 Å². The summed E-state index contributed by atoms with van der Waals surface area (Å²) in [5.74, 6) is 0. The topological polar surface area (TPSA) is 12.0 Å². The van der Waals surface area contributed by atoms with Crippen LogP contribution in [0.15, 0.2) is 54.6 Å². The maximum Gasteiger partial charge on any atom is 0.0375 e. The van der Waals surface area contributed by atoms with Gasteiger partial charge in [0.15, 0.2) is 0 Å². The Balaban J connectivity index is 1.73. The summed E-state index contributed by atoms with van der Waals surface area (Å²) in [6, 6.07) is 19.8. The molecule has 1 atom stereocenters. The third kappa shape index (κ3) is 1.81. The highest BCUT2D eigenvalue weighted by Gasteiger charge is 2.19. The Morgan fingerprint density at radius 2 is 1.69 bits per heavy atom. The van der Waals surface area contributed by atoms with E-state index >= 15 is 0 Å². The lowest BCUT2D eigenvalue weighted by Gasteiger charge is -2.10. The molecule has 0 bridgehead atoms. The number of nitrogens with one attached hydrogen (secondary N) is 1. The lowest BCUT2D eigenvalue weighted by Crippen LogP contribution is -2.18. The monoisotopic (exact) mass is 209 g/mol. The Hall–Kier alpha value is -1.76. The van der Waals surface area contributed by atoms with Crippen LogP contribution in [-0.4, -0.2) is 6.04 Å². The zero-order chi connectivity index (χ0) is 10.8. The molecule has 2 aromatic carbocycles. The van der Waals surface area contributed by atoms with E-state index in [1.54, 1.807) is 0 Å². The molecule has 0 unspecified atom stereocenters. The Morgan fingerprint density at radius 3 is 2.50 bits per heavy atom. The third-order valence-electron chi connectivity index (χ3n) is 3.17. The molecule has 1 heterocycles. The number of fused-ring (bicyclic) bond motifs is 1. The molecule has 2 aromatic rings. The summed E-state index contributed by atoms with van der Waals surface area (Å²) in [5.41, 5.74) is 4.17. The van der Waals surface area contributed by atoms with Crippen LogP contribution in [-0.2, 0) is 12.8 Å². The van der Waals surface area contributed by atoms with Crippen LogP contribution >= 0.6 is 0 Å². The molecule has 1 aliphatic rings. The van der Waals surface area contributed by atoms with E-state index < -0.39 is 0 Å². The quantitative estimate of drug-likeness (QED) is 0.800. The highest BCUT2D eigenvalue weighted by Crippen LogP contribution is 2.26. The fourth-order valence-electron chi connectivity index (χ4n) is 2.40. The van der Waals surface area contributed by atoms with Crippen molar-refractivity contribution in [2.24, 2.45) is 0 Å². The zero-order valence-electron chi connectivity index (χ0n) is 9.19. The van der Waals surface area contributed by atoms with E-state index in [-0.39, 0.29) is 0 Å². The highest BCUT2D eigenvalue weighted by atomic mass is 14.9. The van der Waals surface area contributed by atoms with Crippen molar-refractivity contribution in [3.05, 3.63) is 65.7 Å². The normalized spacial score (nSPS) is 17.9. The van der Waals surface area contributed by atoms with Crippen LogP contribution in [0.4, 0.5) is 5.69 Å². The van der Waals surface area contributed by atoms with Crippen molar-refractivity contribution in [3.63, 3.8) is 0 Å². The van der Waals surface area contributed by atoms with Gasteiger partial charge < -0.3 is 5.32 Å². The Bertz CT molecular complexity index is 451. The van der Waals surface area contributed by atoms with Crippen molar-refractivity contribution in [1.82, 2.24) is 0 Å². The van der Waals surface area contributed by atoms with Gasteiger partial charge in [0.2, 0.25) is 0 Å². The molecule has 0 saturated heterocycles.